The van der Waals surface area contributed by atoms with Gasteiger partial charge in [0.05, 0.1) is 0 Å². The SMILES string of the molecule is [N-]=[N+]=NCN=[N+]=[N-]. The molecule has 0 aromatic heterocycles. The minimum atomic E-state index is -0.146. The molecule has 0 saturated heterocycles. The van der Waals surface area contributed by atoms with Gasteiger partial charge in [0.25, 0.3) is 0 Å². The van der Waals surface area contributed by atoms with Gasteiger partial charge in [0.15, 0.2) is 0 Å². The number of nitrogens with zero attached hydrogens (tertiary/aromatic N) is 6. The highest BCUT2D eigenvalue weighted by molar-refractivity contribution is 4.44. The van der Waals surface area contributed by atoms with E-state index in [1.807, 2.05) is 0 Å². The molecule has 7 heavy (non-hydrogen) atoms. The molecule has 0 spiro atoms. The molecule has 0 aromatic rings. The van der Waals surface area contributed by atoms with Gasteiger partial charge in [-0.1, -0.05) is 10.2 Å². The molecule has 36 valence electrons. The lowest BCUT2D eigenvalue weighted by Crippen LogP contribution is -1.58. The van der Waals surface area contributed by atoms with Crippen molar-refractivity contribution in [2.75, 3.05) is 6.67 Å². The molecule has 0 amide bonds. The Morgan fingerprint density at radius 1 is 1.14 bits per heavy atom. The predicted octanol–water partition coefficient (Wildman–Crippen LogP) is 1.56. The minimum Gasteiger partial charge on any atom is -0.0880 e. The van der Waals surface area contributed by atoms with Crippen LogP contribution in [0.4, 0.5) is 0 Å². The first kappa shape index (κ1) is 5.62. The summed E-state index contributed by atoms with van der Waals surface area (Å²) >= 11 is 0. The summed E-state index contributed by atoms with van der Waals surface area (Å²) in [6.45, 7) is -0.146. The molecule has 0 aliphatic carbocycles. The number of azide groups is 1. The molecule has 6 heteroatoms. The lowest BCUT2D eigenvalue weighted by molar-refractivity contribution is 1.03. The second-order valence-electron chi connectivity index (χ2n) is 0.603. The van der Waals surface area contributed by atoms with Crippen molar-refractivity contribution < 1.29 is 0 Å². The molecule has 0 aliphatic rings. The average molecular weight is 98.1 g/mol. The predicted molar refractivity (Wildman–Crippen MR) is 23.2 cm³/mol. The highest BCUT2D eigenvalue weighted by atomic mass is 15.2. The summed E-state index contributed by atoms with van der Waals surface area (Å²) in [5, 5.41) is 5.84. The van der Waals surface area contributed by atoms with Crippen molar-refractivity contribution in [3.05, 3.63) is 20.9 Å². The normalized spacial score (nSPS) is 5.71. The first-order chi connectivity index (χ1) is 3.41. The average Bonchev–Trinajstić information content (AvgIpc) is 1.69. The van der Waals surface area contributed by atoms with Crippen LogP contribution in [-0.2, 0) is 0 Å². The van der Waals surface area contributed by atoms with E-state index in [1.54, 1.807) is 0 Å². The lowest BCUT2D eigenvalue weighted by atomic mass is 11.2. The zero-order valence-corrected chi connectivity index (χ0v) is 3.39. The third-order valence-corrected chi connectivity index (χ3v) is 0.253. The third kappa shape index (κ3) is 4.62. The minimum absolute atomic E-state index is 0.146. The monoisotopic (exact) mass is 98.0 g/mol. The van der Waals surface area contributed by atoms with E-state index in [9.17, 15) is 0 Å². The fraction of sp³-hybridized carbons (Fsp3) is 1.00. The van der Waals surface area contributed by atoms with Gasteiger partial charge in [-0.05, 0) is 11.1 Å². The van der Waals surface area contributed by atoms with Gasteiger partial charge in [0.1, 0.15) is 6.67 Å². The van der Waals surface area contributed by atoms with E-state index in [0.717, 1.165) is 0 Å². The van der Waals surface area contributed by atoms with Crippen LogP contribution < -0.4 is 0 Å². The Bertz CT molecular complexity index is 107. The Kier molecular flexibility index (Phi) is 3.71. The maximum Gasteiger partial charge on any atom is 0.104 e. The molecule has 0 bridgehead atoms. The van der Waals surface area contributed by atoms with E-state index in [1.165, 1.54) is 0 Å². The topological polar surface area (TPSA) is 97.5 Å². The molecule has 6 nitrogen and oxygen atoms in total. The summed E-state index contributed by atoms with van der Waals surface area (Å²) in [5.41, 5.74) is 15.1. The van der Waals surface area contributed by atoms with Gasteiger partial charge in [-0.15, -0.1) is 0 Å². The largest absolute Gasteiger partial charge is 0.104 e. The van der Waals surface area contributed by atoms with E-state index < -0.39 is 0 Å². The summed E-state index contributed by atoms with van der Waals surface area (Å²) in [6, 6.07) is 0. The first-order valence-corrected chi connectivity index (χ1v) is 1.43. The third-order valence-electron chi connectivity index (χ3n) is 0.253. The molecular formula is CH2N6. The van der Waals surface area contributed by atoms with Crippen LogP contribution >= 0.6 is 0 Å². The van der Waals surface area contributed by atoms with Crippen LogP contribution in [0.15, 0.2) is 10.2 Å². The van der Waals surface area contributed by atoms with Crippen LogP contribution in [0.25, 0.3) is 20.9 Å². The van der Waals surface area contributed by atoms with Crippen molar-refractivity contribution in [3.63, 3.8) is 0 Å². The van der Waals surface area contributed by atoms with E-state index >= 15 is 0 Å². The zero-order valence-electron chi connectivity index (χ0n) is 3.39. The Labute approximate surface area is 39.0 Å². The quantitative estimate of drug-likeness (QED) is 0.284. The standard InChI is InChI=1S/CH2N6/c2-6-4-1-5-7-3/h1H2. The van der Waals surface area contributed by atoms with Crippen molar-refractivity contribution in [2.24, 2.45) is 10.2 Å². The van der Waals surface area contributed by atoms with Crippen LogP contribution in [0.2, 0.25) is 0 Å². The highest BCUT2D eigenvalue weighted by Gasteiger charge is 1.62. The number of hydrogen-bond acceptors (Lipinski definition) is 2. The van der Waals surface area contributed by atoms with Gasteiger partial charge in [-0.3, -0.25) is 0 Å². The van der Waals surface area contributed by atoms with Crippen molar-refractivity contribution in [1.29, 1.82) is 0 Å². The summed E-state index contributed by atoms with van der Waals surface area (Å²) in [7, 11) is 0. The summed E-state index contributed by atoms with van der Waals surface area (Å²) in [4.78, 5) is 4.67. The molecule has 0 heterocycles. The van der Waals surface area contributed by atoms with Crippen molar-refractivity contribution in [2.45, 2.75) is 0 Å². The maximum absolute atomic E-state index is 7.57. The van der Waals surface area contributed by atoms with E-state index in [-0.39, 0.29) is 6.67 Å². The lowest BCUT2D eigenvalue weighted by Gasteiger charge is -1.62. The molecule has 0 rings (SSSR count). The van der Waals surface area contributed by atoms with Gasteiger partial charge in [0, 0.05) is 9.82 Å². The summed E-state index contributed by atoms with van der Waals surface area (Å²) in [5.74, 6) is 0. The van der Waals surface area contributed by atoms with E-state index in [4.69, 9.17) is 11.1 Å². The first-order valence-electron chi connectivity index (χ1n) is 1.43. The Morgan fingerprint density at radius 2 is 1.57 bits per heavy atom. The second-order valence-corrected chi connectivity index (χ2v) is 0.603. The fourth-order valence-electron chi connectivity index (χ4n) is 0.0849. The van der Waals surface area contributed by atoms with Crippen molar-refractivity contribution in [3.8, 4) is 0 Å². The van der Waals surface area contributed by atoms with Crippen molar-refractivity contribution in [1.82, 2.24) is 0 Å². The molecule has 0 aromatic carbocycles. The smallest absolute Gasteiger partial charge is 0.0880 e. The zero-order chi connectivity index (χ0) is 5.54. The van der Waals surface area contributed by atoms with Crippen LogP contribution in [0.1, 0.15) is 0 Å². The van der Waals surface area contributed by atoms with Gasteiger partial charge in [-0.2, -0.15) is 0 Å². The molecular weight excluding hydrogens is 96.1 g/mol. The number of hydrogen-bond donors (Lipinski definition) is 0. The van der Waals surface area contributed by atoms with E-state index in [2.05, 4.69) is 20.1 Å². The van der Waals surface area contributed by atoms with E-state index in [0.29, 0.717) is 0 Å². The maximum atomic E-state index is 7.57. The number of rotatable bonds is 2. The summed E-state index contributed by atoms with van der Waals surface area (Å²) in [6.07, 6.45) is 0. The summed E-state index contributed by atoms with van der Waals surface area (Å²) < 4.78 is 0. The second kappa shape index (κ2) is 4.62. The van der Waals surface area contributed by atoms with Gasteiger partial charge >= 0.3 is 0 Å². The molecule has 0 aliphatic heterocycles. The van der Waals surface area contributed by atoms with Crippen molar-refractivity contribution >= 4 is 0 Å². The van der Waals surface area contributed by atoms with Crippen LogP contribution in [0.3, 0.4) is 0 Å². The molecule has 0 saturated carbocycles. The van der Waals surface area contributed by atoms with Gasteiger partial charge < -0.3 is 0 Å². The fourth-order valence-corrected chi connectivity index (χ4v) is 0.0849. The van der Waals surface area contributed by atoms with Crippen LogP contribution in [0, 0.1) is 0 Å². The highest BCUT2D eigenvalue weighted by Crippen LogP contribution is 1.71. The Hall–Kier alpha value is -1.38. The van der Waals surface area contributed by atoms with Crippen LogP contribution in [-0.4, -0.2) is 6.67 Å². The molecule has 0 unspecified atom stereocenters. The van der Waals surface area contributed by atoms with Gasteiger partial charge in [-0.25, -0.2) is 0 Å². The molecule has 0 N–H and O–H groups in total. The molecule has 0 radical (unpaired) electrons. The van der Waals surface area contributed by atoms with Crippen LogP contribution in [0.5, 0.6) is 0 Å². The molecule has 0 fully saturated rings. The Morgan fingerprint density at radius 3 is 1.86 bits per heavy atom. The van der Waals surface area contributed by atoms with Gasteiger partial charge in [0.2, 0.25) is 0 Å². The Balaban J connectivity index is 3.33. The molecule has 0 atom stereocenters.